The number of nitrogens with one attached hydrogen (secondary N) is 2. The van der Waals surface area contributed by atoms with Crippen LogP contribution < -0.4 is 16.4 Å². The molecule has 0 aliphatic rings. The topological polar surface area (TPSA) is 138 Å². The van der Waals surface area contributed by atoms with Crippen molar-refractivity contribution in [3.63, 3.8) is 0 Å². The van der Waals surface area contributed by atoms with Crippen LogP contribution in [0.4, 0.5) is 0 Å². The van der Waals surface area contributed by atoms with Gasteiger partial charge in [-0.1, -0.05) is 32.1 Å². The predicted molar refractivity (Wildman–Crippen MR) is 126 cm³/mol. The number of ketones is 1. The van der Waals surface area contributed by atoms with E-state index in [9.17, 15) is 14.4 Å². The van der Waals surface area contributed by atoms with E-state index in [1.54, 1.807) is 0 Å². The van der Waals surface area contributed by atoms with Crippen LogP contribution in [-0.4, -0.2) is 90.1 Å². The third kappa shape index (κ3) is 26.5. The Labute approximate surface area is 198 Å². The molecule has 0 bridgehead atoms. The molecule has 4 N–H and O–H groups in total. The zero-order valence-electron chi connectivity index (χ0n) is 20.4. The van der Waals surface area contributed by atoms with Crippen LogP contribution in [-0.2, 0) is 33.3 Å². The summed E-state index contributed by atoms with van der Waals surface area (Å²) in [5, 5.41) is 5.52. The van der Waals surface area contributed by atoms with Crippen molar-refractivity contribution in [3.8, 4) is 0 Å². The van der Waals surface area contributed by atoms with E-state index >= 15 is 0 Å². The molecule has 0 fully saturated rings. The van der Waals surface area contributed by atoms with Gasteiger partial charge in [0.2, 0.25) is 11.8 Å². The first-order valence-corrected chi connectivity index (χ1v) is 12.1. The minimum atomic E-state index is -0.228. The Morgan fingerprint density at radius 3 is 1.67 bits per heavy atom. The molecule has 0 heterocycles. The predicted octanol–water partition coefficient (Wildman–Crippen LogP) is 0.954. The molecule has 10 nitrogen and oxygen atoms in total. The molecule has 0 rings (SSSR count). The second-order valence-corrected chi connectivity index (χ2v) is 7.75. The maximum Gasteiger partial charge on any atom is 0.246 e. The number of hydrogen-bond acceptors (Lipinski definition) is 8. The average Bonchev–Trinajstić information content (AvgIpc) is 2.78. The van der Waals surface area contributed by atoms with Gasteiger partial charge in [-0.2, -0.15) is 0 Å². The number of unbranched alkanes of at least 4 members (excludes halogenated alkanes) is 6. The van der Waals surface area contributed by atoms with Crippen molar-refractivity contribution >= 4 is 17.6 Å². The fraction of sp³-hybridized carbons (Fsp3) is 0.870. The summed E-state index contributed by atoms with van der Waals surface area (Å²) >= 11 is 0. The summed E-state index contributed by atoms with van der Waals surface area (Å²) < 4.78 is 20.9. The van der Waals surface area contributed by atoms with Gasteiger partial charge >= 0.3 is 0 Å². The average molecular weight is 476 g/mol. The summed E-state index contributed by atoms with van der Waals surface area (Å²) in [5.74, 6) is -0.197. The fourth-order valence-corrected chi connectivity index (χ4v) is 2.80. The van der Waals surface area contributed by atoms with Gasteiger partial charge in [0, 0.05) is 19.5 Å². The first kappa shape index (κ1) is 31.4. The molecule has 2 amide bonds. The standard InChI is InChI=1S/C23H45N3O7/c1-21(27)19-32-17-15-31-14-12-26-23(29)20-33-18-16-30-13-11-25-22(28)9-7-5-3-2-4-6-8-10-24/h2-20,24H2,1H3,(H,25,28)(H,26,29). The van der Waals surface area contributed by atoms with Gasteiger partial charge in [0.05, 0.1) is 39.6 Å². The molecule has 0 saturated heterocycles. The number of nitrogens with two attached hydrogens (primary N) is 1. The lowest BCUT2D eigenvalue weighted by atomic mass is 10.1. The Morgan fingerprint density at radius 2 is 1.09 bits per heavy atom. The van der Waals surface area contributed by atoms with Crippen molar-refractivity contribution in [3.05, 3.63) is 0 Å². The summed E-state index contributed by atoms with van der Waals surface area (Å²) in [4.78, 5) is 34.0. The number of rotatable bonds is 25. The van der Waals surface area contributed by atoms with E-state index in [1.807, 2.05) is 0 Å². The molecule has 0 aromatic carbocycles. The maximum absolute atomic E-state index is 11.7. The second-order valence-electron chi connectivity index (χ2n) is 7.75. The van der Waals surface area contributed by atoms with Crippen LogP contribution in [0.15, 0.2) is 0 Å². The largest absolute Gasteiger partial charge is 0.377 e. The number of amides is 2. The molecule has 0 atom stereocenters. The number of ether oxygens (including phenoxy) is 4. The molecule has 0 saturated carbocycles. The normalized spacial score (nSPS) is 10.8. The van der Waals surface area contributed by atoms with Crippen LogP contribution in [0.25, 0.3) is 0 Å². The van der Waals surface area contributed by atoms with Crippen molar-refractivity contribution in [1.29, 1.82) is 0 Å². The zero-order valence-corrected chi connectivity index (χ0v) is 20.4. The van der Waals surface area contributed by atoms with E-state index in [4.69, 9.17) is 24.7 Å². The van der Waals surface area contributed by atoms with Gasteiger partial charge in [0.1, 0.15) is 13.2 Å². The van der Waals surface area contributed by atoms with Gasteiger partial charge in [-0.05, 0) is 26.3 Å². The van der Waals surface area contributed by atoms with Crippen molar-refractivity contribution < 1.29 is 33.3 Å². The Balaban J connectivity index is 3.27. The number of carbonyl (C=O) groups is 3. The van der Waals surface area contributed by atoms with Crippen LogP contribution in [0.3, 0.4) is 0 Å². The van der Waals surface area contributed by atoms with Crippen molar-refractivity contribution in [2.45, 2.75) is 58.3 Å². The summed E-state index contributed by atoms with van der Waals surface area (Å²) in [6, 6.07) is 0. The molecule has 194 valence electrons. The van der Waals surface area contributed by atoms with Crippen LogP contribution >= 0.6 is 0 Å². The number of hydrogen-bond donors (Lipinski definition) is 3. The highest BCUT2D eigenvalue weighted by atomic mass is 16.5. The lowest BCUT2D eigenvalue weighted by Gasteiger charge is -2.08. The SMILES string of the molecule is CC(=O)COCCOCCNC(=O)COCCOCCNC(=O)CCCCCCCCCN. The monoisotopic (exact) mass is 475 g/mol. The molecule has 0 spiro atoms. The summed E-state index contributed by atoms with van der Waals surface area (Å²) in [7, 11) is 0. The van der Waals surface area contributed by atoms with E-state index in [2.05, 4.69) is 10.6 Å². The van der Waals surface area contributed by atoms with E-state index in [0.29, 0.717) is 59.2 Å². The molecule has 0 aliphatic heterocycles. The Kier molecular flexibility index (Phi) is 23.8. The quantitative estimate of drug-likeness (QED) is 0.166. The van der Waals surface area contributed by atoms with Crippen LogP contribution in [0.5, 0.6) is 0 Å². The summed E-state index contributed by atoms with van der Waals surface area (Å²) in [5.41, 5.74) is 5.47. The summed E-state index contributed by atoms with van der Waals surface area (Å²) in [6.45, 7) is 5.27. The molecule has 0 aromatic heterocycles. The summed E-state index contributed by atoms with van der Waals surface area (Å²) in [6.07, 6.45) is 8.48. The molecule has 33 heavy (non-hydrogen) atoms. The van der Waals surface area contributed by atoms with Gasteiger partial charge in [-0.25, -0.2) is 0 Å². The number of Topliss-reactive ketones (excluding diaryl/α,β-unsaturated/α-hetero) is 1. The van der Waals surface area contributed by atoms with Crippen molar-refractivity contribution in [2.24, 2.45) is 5.73 Å². The van der Waals surface area contributed by atoms with E-state index in [1.165, 1.54) is 32.6 Å². The number of carbonyl (C=O) groups excluding carboxylic acids is 3. The molecule has 10 heteroatoms. The van der Waals surface area contributed by atoms with Crippen LogP contribution in [0.1, 0.15) is 58.3 Å². The Morgan fingerprint density at radius 1 is 0.606 bits per heavy atom. The molecule has 0 aromatic rings. The van der Waals surface area contributed by atoms with Gasteiger partial charge in [-0.3, -0.25) is 14.4 Å². The van der Waals surface area contributed by atoms with E-state index in [-0.39, 0.29) is 30.8 Å². The smallest absolute Gasteiger partial charge is 0.246 e. The molecule has 0 radical (unpaired) electrons. The van der Waals surface area contributed by atoms with Crippen molar-refractivity contribution in [2.75, 3.05) is 72.5 Å². The Hall–Kier alpha value is -1.59. The molecule has 0 aliphatic carbocycles. The van der Waals surface area contributed by atoms with Crippen LogP contribution in [0, 0.1) is 0 Å². The fourth-order valence-electron chi connectivity index (χ4n) is 2.80. The first-order valence-electron chi connectivity index (χ1n) is 12.1. The highest BCUT2D eigenvalue weighted by Gasteiger charge is 2.02. The van der Waals surface area contributed by atoms with Crippen molar-refractivity contribution in [1.82, 2.24) is 10.6 Å². The highest BCUT2D eigenvalue weighted by Crippen LogP contribution is 2.08. The van der Waals surface area contributed by atoms with Gasteiger partial charge < -0.3 is 35.3 Å². The first-order chi connectivity index (χ1) is 16.1. The second kappa shape index (κ2) is 25.0. The minimum absolute atomic E-state index is 0.0267. The van der Waals surface area contributed by atoms with E-state index < -0.39 is 0 Å². The molecular formula is C23H45N3O7. The molecule has 0 unspecified atom stereocenters. The highest BCUT2D eigenvalue weighted by molar-refractivity contribution is 5.77. The lowest BCUT2D eigenvalue weighted by Crippen LogP contribution is -2.31. The van der Waals surface area contributed by atoms with Crippen LogP contribution in [0.2, 0.25) is 0 Å². The minimum Gasteiger partial charge on any atom is -0.377 e. The van der Waals surface area contributed by atoms with Gasteiger partial charge in [-0.15, -0.1) is 0 Å². The van der Waals surface area contributed by atoms with Gasteiger partial charge in [0.25, 0.3) is 0 Å². The Bertz CT molecular complexity index is 493. The lowest BCUT2D eigenvalue weighted by molar-refractivity contribution is -0.127. The third-order valence-electron chi connectivity index (χ3n) is 4.53. The van der Waals surface area contributed by atoms with E-state index in [0.717, 1.165) is 25.8 Å². The zero-order chi connectivity index (χ0) is 24.4. The molecular weight excluding hydrogens is 430 g/mol. The van der Waals surface area contributed by atoms with Gasteiger partial charge in [0.15, 0.2) is 5.78 Å². The third-order valence-corrected chi connectivity index (χ3v) is 4.53. The maximum atomic E-state index is 11.7.